The Morgan fingerprint density at radius 1 is 1.33 bits per heavy atom. The van der Waals surface area contributed by atoms with Crippen LogP contribution in [0.4, 0.5) is 0 Å². The largest absolute Gasteiger partial charge is 0.394 e. The van der Waals surface area contributed by atoms with Crippen molar-refractivity contribution in [3.8, 4) is 0 Å². The van der Waals surface area contributed by atoms with Gasteiger partial charge in [0.1, 0.15) is 0 Å². The van der Waals surface area contributed by atoms with Gasteiger partial charge in [-0.05, 0) is 19.9 Å². The molecule has 0 bridgehead atoms. The van der Waals surface area contributed by atoms with Crippen LogP contribution in [0.15, 0.2) is 0 Å². The lowest BCUT2D eigenvalue weighted by atomic mass is 9.96. The van der Waals surface area contributed by atoms with Gasteiger partial charge >= 0.3 is 0 Å². The normalized spacial score (nSPS) is 20.0. The SMILES string of the molecule is CN(CCOCCO)C1(CN)CCCC1. The lowest BCUT2D eigenvalue weighted by molar-refractivity contribution is 0.0492. The minimum absolute atomic E-state index is 0.103. The highest BCUT2D eigenvalue weighted by Crippen LogP contribution is 2.33. The summed E-state index contributed by atoms with van der Waals surface area (Å²) in [5, 5.41) is 8.58. The zero-order valence-electron chi connectivity index (χ0n) is 9.74. The van der Waals surface area contributed by atoms with Crippen LogP contribution in [0.2, 0.25) is 0 Å². The molecule has 4 nitrogen and oxygen atoms in total. The molecule has 90 valence electrons. The highest BCUT2D eigenvalue weighted by molar-refractivity contribution is 4.94. The lowest BCUT2D eigenvalue weighted by Gasteiger charge is -2.37. The highest BCUT2D eigenvalue weighted by Gasteiger charge is 2.35. The van der Waals surface area contributed by atoms with Crippen LogP contribution in [0.1, 0.15) is 25.7 Å². The maximum absolute atomic E-state index is 8.58. The van der Waals surface area contributed by atoms with Crippen molar-refractivity contribution in [2.75, 3.05) is 40.0 Å². The number of rotatable bonds is 7. The van der Waals surface area contributed by atoms with E-state index in [4.69, 9.17) is 15.6 Å². The van der Waals surface area contributed by atoms with Crippen LogP contribution in [0.5, 0.6) is 0 Å². The zero-order chi connectivity index (χ0) is 11.1. The molecule has 15 heavy (non-hydrogen) atoms. The van der Waals surface area contributed by atoms with Crippen molar-refractivity contribution in [2.45, 2.75) is 31.2 Å². The predicted molar refractivity (Wildman–Crippen MR) is 60.8 cm³/mol. The number of aliphatic hydroxyl groups excluding tert-OH is 1. The number of nitrogens with zero attached hydrogens (tertiary/aromatic N) is 1. The molecule has 3 N–H and O–H groups in total. The molecule has 0 aromatic heterocycles. The van der Waals surface area contributed by atoms with Crippen LogP contribution in [0, 0.1) is 0 Å². The number of ether oxygens (including phenoxy) is 1. The van der Waals surface area contributed by atoms with Gasteiger partial charge in [0.15, 0.2) is 0 Å². The third-order valence-electron chi connectivity index (χ3n) is 3.53. The van der Waals surface area contributed by atoms with E-state index in [1.54, 1.807) is 0 Å². The first-order valence-electron chi connectivity index (χ1n) is 5.85. The monoisotopic (exact) mass is 216 g/mol. The van der Waals surface area contributed by atoms with Crippen molar-refractivity contribution in [1.29, 1.82) is 0 Å². The van der Waals surface area contributed by atoms with Crippen LogP contribution < -0.4 is 5.73 Å². The first-order chi connectivity index (χ1) is 7.25. The van der Waals surface area contributed by atoms with Crippen LogP contribution >= 0.6 is 0 Å². The van der Waals surface area contributed by atoms with Gasteiger partial charge < -0.3 is 15.6 Å². The van der Waals surface area contributed by atoms with Gasteiger partial charge in [0.05, 0.1) is 19.8 Å². The second-order valence-electron chi connectivity index (χ2n) is 4.39. The van der Waals surface area contributed by atoms with Gasteiger partial charge in [-0.25, -0.2) is 0 Å². The van der Waals surface area contributed by atoms with Gasteiger partial charge in [0, 0.05) is 18.6 Å². The van der Waals surface area contributed by atoms with Gasteiger partial charge in [-0.1, -0.05) is 12.8 Å². The minimum atomic E-state index is 0.103. The third-order valence-corrected chi connectivity index (χ3v) is 3.53. The fourth-order valence-electron chi connectivity index (χ4n) is 2.38. The molecule has 0 heterocycles. The Kier molecular flexibility index (Phi) is 5.53. The number of likely N-dealkylation sites (N-methyl/N-ethyl adjacent to an activating group) is 1. The van der Waals surface area contributed by atoms with E-state index in [9.17, 15) is 0 Å². The van der Waals surface area contributed by atoms with Gasteiger partial charge in [0.25, 0.3) is 0 Å². The van der Waals surface area contributed by atoms with Crippen LogP contribution in [0.25, 0.3) is 0 Å². The first kappa shape index (κ1) is 12.9. The molecule has 1 rings (SSSR count). The predicted octanol–water partition coefficient (Wildman–Crippen LogP) is 0.199. The van der Waals surface area contributed by atoms with Crippen molar-refractivity contribution >= 4 is 0 Å². The topological polar surface area (TPSA) is 58.7 Å². The van der Waals surface area contributed by atoms with Gasteiger partial charge in [-0.2, -0.15) is 0 Å². The molecule has 0 radical (unpaired) electrons. The van der Waals surface area contributed by atoms with Crippen molar-refractivity contribution in [1.82, 2.24) is 4.90 Å². The van der Waals surface area contributed by atoms with Gasteiger partial charge in [-0.15, -0.1) is 0 Å². The van der Waals surface area contributed by atoms with Crippen LogP contribution in [-0.2, 0) is 4.74 Å². The molecule has 1 saturated carbocycles. The van der Waals surface area contributed by atoms with E-state index in [-0.39, 0.29) is 12.1 Å². The number of aliphatic hydroxyl groups is 1. The Bertz CT molecular complexity index is 170. The Labute approximate surface area is 92.4 Å². The molecule has 1 aliphatic rings. The summed E-state index contributed by atoms with van der Waals surface area (Å²) in [6.45, 7) is 2.86. The molecular formula is C11H24N2O2. The molecule has 0 aromatic carbocycles. The molecule has 0 spiro atoms. The van der Waals surface area contributed by atoms with E-state index < -0.39 is 0 Å². The smallest absolute Gasteiger partial charge is 0.0698 e. The standard InChI is InChI=1S/C11H24N2O2/c1-13(6-8-15-9-7-14)11(10-12)4-2-3-5-11/h14H,2-10,12H2,1H3. The number of hydrogen-bond donors (Lipinski definition) is 2. The Hall–Kier alpha value is -0.160. The molecule has 1 fully saturated rings. The summed E-state index contributed by atoms with van der Waals surface area (Å²) in [4.78, 5) is 2.33. The number of nitrogens with two attached hydrogens (primary N) is 1. The molecule has 0 aromatic rings. The second-order valence-corrected chi connectivity index (χ2v) is 4.39. The molecule has 0 amide bonds. The molecular weight excluding hydrogens is 192 g/mol. The molecule has 0 unspecified atom stereocenters. The Morgan fingerprint density at radius 3 is 2.53 bits per heavy atom. The van der Waals surface area contributed by atoms with E-state index in [1.807, 2.05) is 0 Å². The van der Waals surface area contributed by atoms with E-state index >= 15 is 0 Å². The lowest BCUT2D eigenvalue weighted by Crippen LogP contribution is -2.51. The van der Waals surface area contributed by atoms with Crippen molar-refractivity contribution in [3.05, 3.63) is 0 Å². The molecule has 1 aliphatic carbocycles. The highest BCUT2D eigenvalue weighted by atomic mass is 16.5. The zero-order valence-corrected chi connectivity index (χ0v) is 9.74. The average molecular weight is 216 g/mol. The Morgan fingerprint density at radius 2 is 2.00 bits per heavy atom. The summed E-state index contributed by atoms with van der Waals surface area (Å²) in [5.41, 5.74) is 6.09. The van der Waals surface area contributed by atoms with Crippen molar-refractivity contribution in [2.24, 2.45) is 5.73 Å². The summed E-state index contributed by atoms with van der Waals surface area (Å²) >= 11 is 0. The maximum atomic E-state index is 8.58. The van der Waals surface area contributed by atoms with Crippen molar-refractivity contribution in [3.63, 3.8) is 0 Å². The van der Waals surface area contributed by atoms with Crippen LogP contribution in [0.3, 0.4) is 0 Å². The summed E-state index contributed by atoms with van der Waals surface area (Å²) in [6, 6.07) is 0. The summed E-state index contributed by atoms with van der Waals surface area (Å²) in [5.74, 6) is 0. The third kappa shape index (κ3) is 3.41. The summed E-state index contributed by atoms with van der Waals surface area (Å²) in [7, 11) is 2.13. The summed E-state index contributed by atoms with van der Waals surface area (Å²) < 4.78 is 5.27. The fourth-order valence-corrected chi connectivity index (χ4v) is 2.38. The quantitative estimate of drug-likeness (QED) is 0.597. The fraction of sp³-hybridized carbons (Fsp3) is 1.00. The second kappa shape index (κ2) is 6.43. The Balaban J connectivity index is 2.27. The summed E-state index contributed by atoms with van der Waals surface area (Å²) in [6.07, 6.45) is 5.00. The molecule has 0 aliphatic heterocycles. The van der Waals surface area contributed by atoms with Gasteiger partial charge in [-0.3, -0.25) is 4.90 Å². The molecule has 0 atom stereocenters. The van der Waals surface area contributed by atoms with E-state index in [1.165, 1.54) is 25.7 Å². The van der Waals surface area contributed by atoms with E-state index in [0.717, 1.165) is 13.1 Å². The first-order valence-corrected chi connectivity index (χ1v) is 5.85. The molecule has 0 saturated heterocycles. The van der Waals surface area contributed by atoms with Crippen molar-refractivity contribution < 1.29 is 9.84 Å². The van der Waals surface area contributed by atoms with Gasteiger partial charge in [0.2, 0.25) is 0 Å². The van der Waals surface area contributed by atoms with E-state index in [2.05, 4.69) is 11.9 Å². The average Bonchev–Trinajstić information content (AvgIpc) is 2.74. The number of hydrogen-bond acceptors (Lipinski definition) is 4. The maximum Gasteiger partial charge on any atom is 0.0698 e. The minimum Gasteiger partial charge on any atom is -0.394 e. The molecule has 4 heteroatoms. The van der Waals surface area contributed by atoms with Crippen LogP contribution in [-0.4, -0.2) is 55.5 Å². The van der Waals surface area contributed by atoms with E-state index in [0.29, 0.717) is 13.2 Å².